The van der Waals surface area contributed by atoms with Crippen molar-refractivity contribution in [2.24, 2.45) is 5.92 Å². The first kappa shape index (κ1) is 16.1. The van der Waals surface area contributed by atoms with Crippen molar-refractivity contribution < 1.29 is 0 Å². The van der Waals surface area contributed by atoms with E-state index in [-0.39, 0.29) is 0 Å². The third kappa shape index (κ3) is 7.14. The second kappa shape index (κ2) is 10.8. The van der Waals surface area contributed by atoms with Crippen LogP contribution >= 0.6 is 0 Å². The lowest BCUT2D eigenvalue weighted by atomic mass is 9.91. The molecule has 1 aliphatic heterocycles. The first-order chi connectivity index (χ1) is 6.70. The van der Waals surface area contributed by atoms with Crippen LogP contribution in [0, 0.1) is 5.92 Å². The van der Waals surface area contributed by atoms with E-state index in [1.807, 2.05) is 27.7 Å². The van der Waals surface area contributed by atoms with E-state index in [0.717, 1.165) is 5.92 Å². The van der Waals surface area contributed by atoms with Crippen LogP contribution < -0.4 is 0 Å². The Morgan fingerprint density at radius 3 is 1.71 bits per heavy atom. The van der Waals surface area contributed by atoms with Crippen molar-refractivity contribution in [1.82, 2.24) is 4.90 Å². The molecule has 0 aliphatic carbocycles. The minimum absolute atomic E-state index is 0.802. The molecule has 1 saturated heterocycles. The first-order valence-electron chi connectivity index (χ1n) is 6.04. The van der Waals surface area contributed by atoms with Crippen molar-refractivity contribution in [1.29, 1.82) is 0 Å². The van der Waals surface area contributed by atoms with Crippen LogP contribution in [0.2, 0.25) is 0 Å². The van der Waals surface area contributed by atoms with Gasteiger partial charge < -0.3 is 4.90 Å². The highest BCUT2D eigenvalue weighted by molar-refractivity contribution is 4.97. The van der Waals surface area contributed by atoms with Crippen LogP contribution in [0.15, 0.2) is 12.2 Å². The molecule has 86 valence electrons. The molecule has 0 spiro atoms. The average Bonchev–Trinajstić information content (AvgIpc) is 2.24. The van der Waals surface area contributed by atoms with Crippen LogP contribution in [0.4, 0.5) is 0 Å². The van der Waals surface area contributed by atoms with E-state index in [9.17, 15) is 0 Å². The molecule has 0 aromatic rings. The highest BCUT2D eigenvalue weighted by Crippen LogP contribution is 2.21. The van der Waals surface area contributed by atoms with Gasteiger partial charge in [0.15, 0.2) is 0 Å². The zero-order valence-corrected chi connectivity index (χ0v) is 11.1. The Balaban J connectivity index is 0. The molecule has 1 nitrogen and oxygen atoms in total. The summed E-state index contributed by atoms with van der Waals surface area (Å²) in [6.07, 6.45) is 2.62. The van der Waals surface area contributed by atoms with E-state index >= 15 is 0 Å². The van der Waals surface area contributed by atoms with Gasteiger partial charge in [-0.2, -0.15) is 0 Å². The third-order valence-corrected chi connectivity index (χ3v) is 2.42. The molecule has 0 amide bonds. The zero-order chi connectivity index (χ0) is 11.6. The predicted octanol–water partition coefficient (Wildman–Crippen LogP) is 3.96. The molecule has 0 saturated carbocycles. The molecule has 1 fully saturated rings. The number of rotatable bonds is 1. The summed E-state index contributed by atoms with van der Waals surface area (Å²) in [5, 5.41) is 0. The summed E-state index contributed by atoms with van der Waals surface area (Å²) in [4.78, 5) is 2.39. The summed E-state index contributed by atoms with van der Waals surface area (Å²) >= 11 is 0. The van der Waals surface area contributed by atoms with E-state index in [2.05, 4.69) is 25.5 Å². The Morgan fingerprint density at radius 1 is 1.07 bits per heavy atom. The van der Waals surface area contributed by atoms with E-state index in [1.165, 1.54) is 31.5 Å². The molecule has 0 aromatic carbocycles. The Bertz CT molecular complexity index is 121. The molecule has 1 heteroatoms. The standard InChI is InChI=1S/C9H17N.2C2H6/c1-8(2)9-4-6-10(3)7-5-9;2*1-2/h9H,1,4-7H2,2-3H3;2*1-2H3. The van der Waals surface area contributed by atoms with Gasteiger partial charge in [0.25, 0.3) is 0 Å². The largest absolute Gasteiger partial charge is 0.306 e. The Labute approximate surface area is 91.2 Å². The van der Waals surface area contributed by atoms with Crippen molar-refractivity contribution in [3.8, 4) is 0 Å². The summed E-state index contributed by atoms with van der Waals surface area (Å²) in [5.41, 5.74) is 1.37. The van der Waals surface area contributed by atoms with E-state index in [0.29, 0.717) is 0 Å². The van der Waals surface area contributed by atoms with Crippen molar-refractivity contribution in [3.63, 3.8) is 0 Å². The smallest absolute Gasteiger partial charge is 0.00161 e. The summed E-state index contributed by atoms with van der Waals surface area (Å²) in [5.74, 6) is 0.802. The van der Waals surface area contributed by atoms with Crippen molar-refractivity contribution in [2.75, 3.05) is 20.1 Å². The van der Waals surface area contributed by atoms with Crippen molar-refractivity contribution >= 4 is 0 Å². The molecule has 0 unspecified atom stereocenters. The summed E-state index contributed by atoms with van der Waals surface area (Å²) in [6, 6.07) is 0. The molecule has 0 bridgehead atoms. The van der Waals surface area contributed by atoms with E-state index in [4.69, 9.17) is 0 Å². The molecule has 0 N–H and O–H groups in total. The van der Waals surface area contributed by atoms with Gasteiger partial charge >= 0.3 is 0 Å². The number of likely N-dealkylation sites (tertiary alicyclic amines) is 1. The lowest BCUT2D eigenvalue weighted by Crippen LogP contribution is -2.30. The van der Waals surface area contributed by atoms with E-state index in [1.54, 1.807) is 0 Å². The van der Waals surface area contributed by atoms with Gasteiger partial charge in [0.05, 0.1) is 0 Å². The number of allylic oxidation sites excluding steroid dienone is 1. The van der Waals surface area contributed by atoms with E-state index < -0.39 is 0 Å². The highest BCUT2D eigenvalue weighted by Gasteiger charge is 2.16. The molecule has 14 heavy (non-hydrogen) atoms. The van der Waals surface area contributed by atoms with Crippen LogP contribution in [-0.4, -0.2) is 25.0 Å². The number of hydrogen-bond acceptors (Lipinski definition) is 1. The topological polar surface area (TPSA) is 3.24 Å². The lowest BCUT2D eigenvalue weighted by molar-refractivity contribution is 0.238. The average molecular weight is 199 g/mol. The van der Waals surface area contributed by atoms with Gasteiger partial charge in [-0.15, -0.1) is 0 Å². The quantitative estimate of drug-likeness (QED) is 0.578. The normalized spacial score (nSPS) is 17.3. The second-order valence-corrected chi connectivity index (χ2v) is 3.42. The SMILES string of the molecule is C=C(C)C1CCN(C)CC1.CC.CC. The highest BCUT2D eigenvalue weighted by atomic mass is 15.1. The fraction of sp³-hybridized carbons (Fsp3) is 0.846. The van der Waals surface area contributed by atoms with Crippen LogP contribution in [0.25, 0.3) is 0 Å². The van der Waals surface area contributed by atoms with Gasteiger partial charge in [-0.05, 0) is 45.8 Å². The van der Waals surface area contributed by atoms with Gasteiger partial charge in [0, 0.05) is 0 Å². The fourth-order valence-corrected chi connectivity index (χ4v) is 1.50. The molecule has 1 rings (SSSR count). The monoisotopic (exact) mass is 199 g/mol. The first-order valence-corrected chi connectivity index (χ1v) is 6.04. The lowest BCUT2D eigenvalue weighted by Gasteiger charge is -2.28. The fourth-order valence-electron chi connectivity index (χ4n) is 1.50. The minimum atomic E-state index is 0.802. The predicted molar refractivity (Wildman–Crippen MR) is 67.7 cm³/mol. The molecule has 1 aliphatic rings. The van der Waals surface area contributed by atoms with Gasteiger partial charge in [-0.25, -0.2) is 0 Å². The summed E-state index contributed by atoms with van der Waals surface area (Å²) < 4.78 is 0. The van der Waals surface area contributed by atoms with Crippen LogP contribution in [0.3, 0.4) is 0 Å². The summed E-state index contributed by atoms with van der Waals surface area (Å²) in [6.45, 7) is 16.6. The Kier molecular flexibility index (Phi) is 12.4. The number of hydrogen-bond donors (Lipinski definition) is 0. The van der Waals surface area contributed by atoms with Crippen LogP contribution in [0.5, 0.6) is 0 Å². The zero-order valence-electron chi connectivity index (χ0n) is 11.1. The van der Waals surface area contributed by atoms with Gasteiger partial charge in [0.1, 0.15) is 0 Å². The molecule has 0 aromatic heterocycles. The van der Waals surface area contributed by atoms with Gasteiger partial charge in [-0.1, -0.05) is 39.8 Å². The van der Waals surface area contributed by atoms with Gasteiger partial charge in [0.2, 0.25) is 0 Å². The van der Waals surface area contributed by atoms with Crippen molar-refractivity contribution in [3.05, 3.63) is 12.2 Å². The third-order valence-electron chi connectivity index (χ3n) is 2.42. The maximum atomic E-state index is 3.99. The molecular formula is C13H29N. The minimum Gasteiger partial charge on any atom is -0.306 e. The summed E-state index contributed by atoms with van der Waals surface area (Å²) in [7, 11) is 2.19. The molecule has 0 atom stereocenters. The molecule has 0 radical (unpaired) electrons. The van der Waals surface area contributed by atoms with Crippen LogP contribution in [0.1, 0.15) is 47.5 Å². The Morgan fingerprint density at radius 2 is 1.43 bits per heavy atom. The number of nitrogens with zero attached hydrogens (tertiary/aromatic N) is 1. The number of piperidine rings is 1. The molecular weight excluding hydrogens is 170 g/mol. The Hall–Kier alpha value is -0.300. The van der Waals surface area contributed by atoms with Gasteiger partial charge in [-0.3, -0.25) is 0 Å². The maximum Gasteiger partial charge on any atom is -0.00161 e. The van der Waals surface area contributed by atoms with Crippen LogP contribution in [-0.2, 0) is 0 Å². The van der Waals surface area contributed by atoms with Crippen molar-refractivity contribution in [2.45, 2.75) is 47.5 Å². The molecule has 1 heterocycles. The second-order valence-electron chi connectivity index (χ2n) is 3.42. The maximum absolute atomic E-state index is 3.99.